The molecule has 1 aromatic heterocycles. The summed E-state index contributed by atoms with van der Waals surface area (Å²) in [6, 6.07) is 4.16. The standard InChI is InChI=1S/C20H26N2O3S2/c1-5-25-18(24)11-16-12-27-20(21-16)26-8-6-7-17(23)22-19-14(3)9-13(2)10-15(19)4/h9-10,12H,5-8,11H2,1-4H3,(H,22,23). The van der Waals surface area contributed by atoms with Gasteiger partial charge >= 0.3 is 5.97 Å². The van der Waals surface area contributed by atoms with Crippen molar-refractivity contribution in [1.82, 2.24) is 4.98 Å². The van der Waals surface area contributed by atoms with Crippen LogP contribution < -0.4 is 5.32 Å². The maximum Gasteiger partial charge on any atom is 0.311 e. The Kier molecular flexibility index (Phi) is 8.31. The van der Waals surface area contributed by atoms with Gasteiger partial charge in [-0.15, -0.1) is 11.3 Å². The summed E-state index contributed by atoms with van der Waals surface area (Å²) in [5.41, 5.74) is 5.04. The molecule has 2 aromatic rings. The van der Waals surface area contributed by atoms with Crippen molar-refractivity contribution in [2.45, 2.75) is 51.3 Å². The molecule has 0 fully saturated rings. The summed E-state index contributed by atoms with van der Waals surface area (Å²) in [5.74, 6) is 0.594. The fourth-order valence-corrected chi connectivity index (χ4v) is 4.62. The number of nitrogens with zero attached hydrogens (tertiary/aromatic N) is 1. The van der Waals surface area contributed by atoms with Crippen LogP contribution >= 0.6 is 23.1 Å². The molecule has 0 saturated carbocycles. The van der Waals surface area contributed by atoms with Gasteiger partial charge < -0.3 is 10.1 Å². The number of thioether (sulfide) groups is 1. The highest BCUT2D eigenvalue weighted by atomic mass is 32.2. The van der Waals surface area contributed by atoms with Crippen molar-refractivity contribution in [3.05, 3.63) is 39.9 Å². The molecule has 5 nitrogen and oxygen atoms in total. The van der Waals surface area contributed by atoms with E-state index in [-0.39, 0.29) is 18.3 Å². The first-order valence-electron chi connectivity index (χ1n) is 8.99. The van der Waals surface area contributed by atoms with Gasteiger partial charge in [0, 0.05) is 23.2 Å². The molecule has 0 saturated heterocycles. The Morgan fingerprint density at radius 2 is 1.93 bits per heavy atom. The van der Waals surface area contributed by atoms with E-state index in [1.807, 2.05) is 19.2 Å². The maximum absolute atomic E-state index is 12.2. The largest absolute Gasteiger partial charge is 0.466 e. The molecule has 0 aliphatic rings. The second kappa shape index (κ2) is 10.5. The molecule has 1 heterocycles. The minimum absolute atomic E-state index is 0.0350. The van der Waals surface area contributed by atoms with E-state index in [4.69, 9.17) is 4.74 Å². The second-order valence-electron chi connectivity index (χ2n) is 6.36. The summed E-state index contributed by atoms with van der Waals surface area (Å²) < 4.78 is 5.84. The quantitative estimate of drug-likeness (QED) is 0.372. The Bertz CT molecular complexity index is 779. The number of benzene rings is 1. The van der Waals surface area contributed by atoms with Crippen molar-refractivity contribution in [3.63, 3.8) is 0 Å². The van der Waals surface area contributed by atoms with Crippen LogP contribution in [0.2, 0.25) is 0 Å². The lowest BCUT2D eigenvalue weighted by Crippen LogP contribution is -2.13. The van der Waals surface area contributed by atoms with Gasteiger partial charge in [-0.2, -0.15) is 0 Å². The number of carbonyl (C=O) groups is 2. The maximum atomic E-state index is 12.2. The number of hydrogen-bond acceptors (Lipinski definition) is 6. The van der Waals surface area contributed by atoms with Crippen LogP contribution in [0.25, 0.3) is 0 Å². The van der Waals surface area contributed by atoms with Crippen molar-refractivity contribution in [3.8, 4) is 0 Å². The number of rotatable bonds is 9. The molecule has 27 heavy (non-hydrogen) atoms. The van der Waals surface area contributed by atoms with Crippen LogP contribution in [0.1, 0.15) is 42.1 Å². The van der Waals surface area contributed by atoms with Crippen LogP contribution in [0.15, 0.2) is 21.9 Å². The van der Waals surface area contributed by atoms with E-state index in [0.29, 0.717) is 13.0 Å². The summed E-state index contributed by atoms with van der Waals surface area (Å²) in [4.78, 5) is 28.1. The summed E-state index contributed by atoms with van der Waals surface area (Å²) in [6.07, 6.45) is 1.45. The third-order valence-electron chi connectivity index (χ3n) is 3.88. The summed E-state index contributed by atoms with van der Waals surface area (Å²) in [7, 11) is 0. The van der Waals surface area contributed by atoms with Gasteiger partial charge in [0.05, 0.1) is 18.7 Å². The van der Waals surface area contributed by atoms with E-state index in [0.717, 1.165) is 39.0 Å². The van der Waals surface area contributed by atoms with Crippen molar-refractivity contribution in [2.24, 2.45) is 0 Å². The van der Waals surface area contributed by atoms with Crippen molar-refractivity contribution < 1.29 is 14.3 Å². The molecule has 0 unspecified atom stereocenters. The van der Waals surface area contributed by atoms with E-state index in [2.05, 4.69) is 29.4 Å². The Hall–Kier alpha value is -1.86. The summed E-state index contributed by atoms with van der Waals surface area (Å²) in [5, 5.41) is 4.91. The predicted octanol–water partition coefficient (Wildman–Crippen LogP) is 4.68. The normalized spacial score (nSPS) is 10.7. The van der Waals surface area contributed by atoms with Crippen molar-refractivity contribution in [2.75, 3.05) is 17.7 Å². The van der Waals surface area contributed by atoms with Crippen molar-refractivity contribution in [1.29, 1.82) is 0 Å². The van der Waals surface area contributed by atoms with E-state index in [1.54, 1.807) is 18.7 Å². The number of aromatic nitrogens is 1. The highest BCUT2D eigenvalue weighted by Crippen LogP contribution is 2.25. The highest BCUT2D eigenvalue weighted by Gasteiger charge is 2.10. The molecule has 146 valence electrons. The van der Waals surface area contributed by atoms with Crippen LogP contribution in [0.4, 0.5) is 5.69 Å². The molecule has 0 bridgehead atoms. The first-order valence-corrected chi connectivity index (χ1v) is 10.9. The Balaban J connectivity index is 1.73. The van der Waals surface area contributed by atoms with Gasteiger partial charge in [0.1, 0.15) is 4.34 Å². The zero-order valence-corrected chi connectivity index (χ0v) is 17.9. The van der Waals surface area contributed by atoms with Gasteiger partial charge in [0.25, 0.3) is 0 Å². The average Bonchev–Trinajstić information content (AvgIpc) is 3.02. The topological polar surface area (TPSA) is 68.3 Å². The number of ether oxygens (including phenoxy) is 1. The summed E-state index contributed by atoms with van der Waals surface area (Å²) in [6.45, 7) is 8.26. The van der Waals surface area contributed by atoms with Crippen molar-refractivity contribution >= 4 is 40.7 Å². The fourth-order valence-electron chi connectivity index (χ4n) is 2.77. The van der Waals surface area contributed by atoms with Crippen LogP contribution in [-0.4, -0.2) is 29.2 Å². The molecule has 1 amide bonds. The number of anilines is 1. The van der Waals surface area contributed by atoms with E-state index in [9.17, 15) is 9.59 Å². The molecule has 0 aliphatic heterocycles. The number of esters is 1. The van der Waals surface area contributed by atoms with Crippen LogP contribution in [0, 0.1) is 20.8 Å². The van der Waals surface area contributed by atoms with Gasteiger partial charge in [-0.25, -0.2) is 4.98 Å². The smallest absolute Gasteiger partial charge is 0.311 e. The van der Waals surface area contributed by atoms with E-state index in [1.165, 1.54) is 16.9 Å². The highest BCUT2D eigenvalue weighted by molar-refractivity contribution is 8.01. The number of amides is 1. The molecule has 1 aromatic carbocycles. The Labute approximate surface area is 168 Å². The van der Waals surface area contributed by atoms with Gasteiger partial charge in [-0.1, -0.05) is 29.5 Å². The third-order valence-corrected chi connectivity index (χ3v) is 6.03. The molecule has 0 spiro atoms. The SMILES string of the molecule is CCOC(=O)Cc1csc(SCCCC(=O)Nc2c(C)cc(C)cc2C)n1. The van der Waals surface area contributed by atoms with Gasteiger partial charge in [0.15, 0.2) is 0 Å². The molecular formula is C20H26N2O3S2. The lowest BCUT2D eigenvalue weighted by Gasteiger charge is -2.12. The molecule has 7 heteroatoms. The number of nitrogens with one attached hydrogen (secondary N) is 1. The molecule has 0 radical (unpaired) electrons. The number of aryl methyl sites for hydroxylation is 3. The molecule has 1 N–H and O–H groups in total. The fraction of sp³-hybridized carbons (Fsp3) is 0.450. The first kappa shape index (κ1) is 21.4. The lowest BCUT2D eigenvalue weighted by atomic mass is 10.0. The first-order chi connectivity index (χ1) is 12.9. The zero-order valence-electron chi connectivity index (χ0n) is 16.3. The Morgan fingerprint density at radius 3 is 2.59 bits per heavy atom. The van der Waals surface area contributed by atoms with Gasteiger partial charge in [-0.05, 0) is 45.2 Å². The van der Waals surface area contributed by atoms with Crippen LogP contribution in [0.3, 0.4) is 0 Å². The van der Waals surface area contributed by atoms with Crippen LogP contribution in [0.5, 0.6) is 0 Å². The molecule has 0 aliphatic carbocycles. The van der Waals surface area contributed by atoms with Crippen LogP contribution in [-0.2, 0) is 20.7 Å². The average molecular weight is 407 g/mol. The molecule has 2 rings (SSSR count). The van der Waals surface area contributed by atoms with E-state index >= 15 is 0 Å². The third kappa shape index (κ3) is 6.99. The molecule has 0 atom stereocenters. The Morgan fingerprint density at radius 1 is 1.22 bits per heavy atom. The molecular weight excluding hydrogens is 380 g/mol. The predicted molar refractivity (Wildman–Crippen MR) is 112 cm³/mol. The minimum Gasteiger partial charge on any atom is -0.466 e. The number of thiazole rings is 1. The number of hydrogen-bond donors (Lipinski definition) is 1. The monoisotopic (exact) mass is 406 g/mol. The number of carbonyl (C=O) groups excluding carboxylic acids is 2. The lowest BCUT2D eigenvalue weighted by molar-refractivity contribution is -0.142. The summed E-state index contributed by atoms with van der Waals surface area (Å²) >= 11 is 3.13. The van der Waals surface area contributed by atoms with Gasteiger partial charge in [0.2, 0.25) is 5.91 Å². The second-order valence-corrected chi connectivity index (χ2v) is 8.56. The van der Waals surface area contributed by atoms with Gasteiger partial charge in [-0.3, -0.25) is 9.59 Å². The zero-order chi connectivity index (χ0) is 19.8. The van der Waals surface area contributed by atoms with E-state index < -0.39 is 0 Å². The minimum atomic E-state index is -0.252.